The molecular formula is C28H39N3O5. The Morgan fingerprint density at radius 3 is 2.36 bits per heavy atom. The molecule has 1 amide bonds. The van der Waals surface area contributed by atoms with E-state index in [1.807, 2.05) is 6.07 Å². The molecule has 8 nitrogen and oxygen atoms in total. The van der Waals surface area contributed by atoms with Crippen molar-refractivity contribution in [1.29, 1.82) is 5.26 Å². The van der Waals surface area contributed by atoms with E-state index < -0.39 is 11.4 Å². The van der Waals surface area contributed by atoms with Crippen molar-refractivity contribution in [2.45, 2.75) is 90.3 Å². The molecule has 0 bridgehead atoms. The molecule has 0 saturated heterocycles. The molecular weight excluding hydrogens is 458 g/mol. The number of hydrogen-bond acceptors (Lipinski definition) is 6. The van der Waals surface area contributed by atoms with Crippen LogP contribution in [0, 0.1) is 28.1 Å². The smallest absolute Gasteiger partial charge is 0.309 e. The number of carbonyl (C=O) groups is 2. The lowest BCUT2D eigenvalue weighted by molar-refractivity contribution is -0.150. The van der Waals surface area contributed by atoms with E-state index in [2.05, 4.69) is 23.6 Å². The predicted octanol–water partition coefficient (Wildman–Crippen LogP) is 4.15. The Morgan fingerprint density at radius 2 is 1.83 bits per heavy atom. The maximum absolute atomic E-state index is 12.7. The van der Waals surface area contributed by atoms with Crippen LogP contribution in [-0.4, -0.2) is 42.8 Å². The van der Waals surface area contributed by atoms with Crippen molar-refractivity contribution in [1.82, 2.24) is 10.6 Å². The Kier molecular flexibility index (Phi) is 7.79. The van der Waals surface area contributed by atoms with Crippen LogP contribution in [0.4, 0.5) is 0 Å². The van der Waals surface area contributed by atoms with Crippen LogP contribution in [0.25, 0.3) is 0 Å². The van der Waals surface area contributed by atoms with Gasteiger partial charge in [0.2, 0.25) is 5.91 Å². The van der Waals surface area contributed by atoms with E-state index in [1.165, 1.54) is 19.3 Å². The first-order chi connectivity index (χ1) is 17.2. The van der Waals surface area contributed by atoms with Crippen molar-refractivity contribution in [2.75, 3.05) is 13.7 Å². The van der Waals surface area contributed by atoms with Crippen LogP contribution in [0.15, 0.2) is 12.1 Å². The summed E-state index contributed by atoms with van der Waals surface area (Å²) in [7, 11) is 1.58. The molecule has 4 rings (SSSR count). The molecule has 8 heteroatoms. The zero-order valence-corrected chi connectivity index (χ0v) is 21.7. The number of benzene rings is 1. The van der Waals surface area contributed by atoms with Gasteiger partial charge in [-0.2, -0.15) is 5.26 Å². The quantitative estimate of drug-likeness (QED) is 0.444. The molecule has 196 valence electrons. The first-order valence-electron chi connectivity index (χ1n) is 13.2. The van der Waals surface area contributed by atoms with Gasteiger partial charge in [0.1, 0.15) is 17.6 Å². The van der Waals surface area contributed by atoms with Gasteiger partial charge in [-0.1, -0.05) is 13.3 Å². The zero-order valence-electron chi connectivity index (χ0n) is 21.7. The minimum absolute atomic E-state index is 0.0282. The fourth-order valence-electron chi connectivity index (χ4n) is 5.54. The SMILES string of the molecule is COc1cc(C#N)c(O[C@H]2CC[C@@](C)(C(=O)O)CC2)cc1CN[C@@H]1CC[C@@H]1C(=O)NCC1(C)CCC1. The number of rotatable bonds is 10. The van der Waals surface area contributed by atoms with Crippen molar-refractivity contribution < 1.29 is 24.2 Å². The monoisotopic (exact) mass is 497 g/mol. The number of amides is 1. The summed E-state index contributed by atoms with van der Waals surface area (Å²) < 4.78 is 11.8. The fourth-order valence-corrected chi connectivity index (χ4v) is 5.54. The molecule has 1 aromatic rings. The molecule has 1 aromatic carbocycles. The Bertz CT molecular complexity index is 1020. The first kappa shape index (κ1) is 26.3. The van der Waals surface area contributed by atoms with Crippen molar-refractivity contribution in [3.63, 3.8) is 0 Å². The maximum Gasteiger partial charge on any atom is 0.309 e. The lowest BCUT2D eigenvalue weighted by Gasteiger charge is -2.41. The highest BCUT2D eigenvalue weighted by Crippen LogP contribution is 2.40. The second kappa shape index (κ2) is 10.7. The lowest BCUT2D eigenvalue weighted by atomic mass is 9.70. The molecule has 0 aromatic heterocycles. The molecule has 0 heterocycles. The zero-order chi connectivity index (χ0) is 25.9. The molecule has 3 aliphatic carbocycles. The standard InChI is InChI=1S/C28H39N3O5/c1-27(9-4-10-27)17-31-25(32)21-5-6-22(21)30-16-19-14-24(18(15-29)13-23(19)35-3)36-20-7-11-28(2,12-8-20)26(33)34/h13-14,20-22,30H,4-12,16-17H2,1-3H3,(H,31,32)(H,33,34)/t20-,21-,22+,28+/m0/s1. The minimum Gasteiger partial charge on any atom is -0.496 e. The van der Waals surface area contributed by atoms with Crippen LogP contribution in [0.1, 0.15) is 82.8 Å². The summed E-state index contributed by atoms with van der Waals surface area (Å²) in [5.74, 6) is 0.437. The Balaban J connectivity index is 1.37. The van der Waals surface area contributed by atoms with Gasteiger partial charge >= 0.3 is 5.97 Å². The largest absolute Gasteiger partial charge is 0.496 e. The third-order valence-corrected chi connectivity index (χ3v) is 8.77. The van der Waals surface area contributed by atoms with E-state index in [4.69, 9.17) is 9.47 Å². The lowest BCUT2D eigenvalue weighted by Crippen LogP contribution is -2.52. The van der Waals surface area contributed by atoms with Gasteiger partial charge in [0, 0.05) is 30.8 Å². The maximum atomic E-state index is 12.7. The highest BCUT2D eigenvalue weighted by molar-refractivity contribution is 5.80. The van der Waals surface area contributed by atoms with Gasteiger partial charge in [0.25, 0.3) is 0 Å². The van der Waals surface area contributed by atoms with Gasteiger partial charge in [-0.15, -0.1) is 0 Å². The van der Waals surface area contributed by atoms with Crippen LogP contribution in [0.3, 0.4) is 0 Å². The number of methoxy groups -OCH3 is 1. The van der Waals surface area contributed by atoms with Crippen LogP contribution in [0.2, 0.25) is 0 Å². The van der Waals surface area contributed by atoms with Crippen LogP contribution >= 0.6 is 0 Å². The fraction of sp³-hybridized carbons (Fsp3) is 0.679. The number of nitrogens with zero attached hydrogens (tertiary/aromatic N) is 1. The minimum atomic E-state index is -0.767. The van der Waals surface area contributed by atoms with Crippen molar-refractivity contribution in [3.05, 3.63) is 23.3 Å². The van der Waals surface area contributed by atoms with Gasteiger partial charge in [-0.25, -0.2) is 0 Å². The summed E-state index contributed by atoms with van der Waals surface area (Å²) in [6.45, 7) is 5.28. The molecule has 3 aliphatic rings. The summed E-state index contributed by atoms with van der Waals surface area (Å²) in [4.78, 5) is 24.3. The van der Waals surface area contributed by atoms with E-state index in [0.717, 1.165) is 24.9 Å². The number of ether oxygens (including phenoxy) is 2. The first-order valence-corrected chi connectivity index (χ1v) is 13.2. The number of nitrogens with one attached hydrogen (secondary N) is 2. The van der Waals surface area contributed by atoms with Crippen molar-refractivity contribution in [2.24, 2.45) is 16.7 Å². The molecule has 36 heavy (non-hydrogen) atoms. The number of aliphatic carboxylic acids is 1. The number of carboxylic acids is 1. The van der Waals surface area contributed by atoms with E-state index in [-0.39, 0.29) is 29.4 Å². The average molecular weight is 498 g/mol. The topological polar surface area (TPSA) is 121 Å². The molecule has 0 radical (unpaired) electrons. The molecule has 0 spiro atoms. The number of hydrogen-bond donors (Lipinski definition) is 3. The molecule has 3 saturated carbocycles. The summed E-state index contributed by atoms with van der Waals surface area (Å²) in [5.41, 5.74) is 0.811. The van der Waals surface area contributed by atoms with Crippen LogP contribution in [0.5, 0.6) is 11.5 Å². The van der Waals surface area contributed by atoms with Gasteiger partial charge in [-0.3, -0.25) is 9.59 Å². The van der Waals surface area contributed by atoms with Crippen molar-refractivity contribution in [3.8, 4) is 17.6 Å². The second-order valence-corrected chi connectivity index (χ2v) is 11.5. The van der Waals surface area contributed by atoms with Crippen LogP contribution in [-0.2, 0) is 16.1 Å². The summed E-state index contributed by atoms with van der Waals surface area (Å²) in [6, 6.07) is 5.84. The molecule has 0 aliphatic heterocycles. The molecule has 3 fully saturated rings. The number of nitriles is 1. The number of carboxylic acid groups (broad SMARTS) is 1. The Hall–Kier alpha value is -2.79. The second-order valence-electron chi connectivity index (χ2n) is 11.5. The average Bonchev–Trinajstić information content (AvgIpc) is 2.82. The summed E-state index contributed by atoms with van der Waals surface area (Å²) >= 11 is 0. The summed E-state index contributed by atoms with van der Waals surface area (Å²) in [6.07, 6.45) is 7.67. The predicted molar refractivity (Wildman–Crippen MR) is 135 cm³/mol. The van der Waals surface area contributed by atoms with Crippen molar-refractivity contribution >= 4 is 11.9 Å². The van der Waals surface area contributed by atoms with E-state index in [9.17, 15) is 20.0 Å². The van der Waals surface area contributed by atoms with E-state index in [0.29, 0.717) is 49.3 Å². The normalized spacial score (nSPS) is 28.7. The third-order valence-electron chi connectivity index (χ3n) is 8.77. The number of carbonyl (C=O) groups excluding carboxylic acids is 1. The van der Waals surface area contributed by atoms with Gasteiger partial charge in [0.15, 0.2) is 0 Å². The Morgan fingerprint density at radius 1 is 1.11 bits per heavy atom. The molecule has 0 unspecified atom stereocenters. The Labute approximate surface area is 213 Å². The summed E-state index contributed by atoms with van der Waals surface area (Å²) in [5, 5.41) is 25.8. The molecule has 3 N–H and O–H groups in total. The van der Waals surface area contributed by atoms with Crippen LogP contribution < -0.4 is 20.1 Å². The highest BCUT2D eigenvalue weighted by atomic mass is 16.5. The third kappa shape index (κ3) is 5.62. The van der Waals surface area contributed by atoms with Gasteiger partial charge in [-0.05, 0) is 69.8 Å². The van der Waals surface area contributed by atoms with E-state index >= 15 is 0 Å². The highest BCUT2D eigenvalue weighted by Gasteiger charge is 2.39. The van der Waals surface area contributed by atoms with Gasteiger partial charge in [0.05, 0.1) is 30.1 Å². The molecule has 2 atom stereocenters. The van der Waals surface area contributed by atoms with Gasteiger partial charge < -0.3 is 25.2 Å². The van der Waals surface area contributed by atoms with E-state index in [1.54, 1.807) is 20.1 Å².